The number of rotatable bonds is 3. The highest BCUT2D eigenvalue weighted by Crippen LogP contribution is 2.34. The summed E-state index contributed by atoms with van der Waals surface area (Å²) in [6, 6.07) is 7.98. The van der Waals surface area contributed by atoms with Crippen molar-refractivity contribution >= 4 is 11.6 Å². The number of aliphatic hydroxyl groups is 1. The van der Waals surface area contributed by atoms with E-state index in [4.69, 9.17) is 16.3 Å². The first-order chi connectivity index (χ1) is 9.45. The van der Waals surface area contributed by atoms with Crippen LogP contribution in [-0.2, 0) is 0 Å². The van der Waals surface area contributed by atoms with Gasteiger partial charge in [-0.15, -0.1) is 0 Å². The van der Waals surface area contributed by atoms with E-state index in [-0.39, 0.29) is 10.6 Å². The summed E-state index contributed by atoms with van der Waals surface area (Å²) in [5.74, 6) is 0.218. The van der Waals surface area contributed by atoms with Gasteiger partial charge in [0.05, 0.1) is 7.11 Å². The standard InChI is InChI=1S/C16H16ClFO2/c1-9-8-14(20-3)10(2)7-11(9)16(19)15-12(17)5-4-6-13(15)18/h4-8,16,19H,1-3H3. The van der Waals surface area contributed by atoms with Gasteiger partial charge in [-0.25, -0.2) is 4.39 Å². The van der Waals surface area contributed by atoms with Crippen LogP contribution in [0, 0.1) is 19.7 Å². The molecule has 20 heavy (non-hydrogen) atoms. The fraction of sp³-hybridized carbons (Fsp3) is 0.250. The Bertz CT molecular complexity index is 620. The smallest absolute Gasteiger partial charge is 0.130 e. The predicted molar refractivity (Wildman–Crippen MR) is 77.9 cm³/mol. The van der Waals surface area contributed by atoms with E-state index in [1.165, 1.54) is 12.1 Å². The molecule has 1 unspecified atom stereocenters. The van der Waals surface area contributed by atoms with Gasteiger partial charge in [0.15, 0.2) is 0 Å². The summed E-state index contributed by atoms with van der Waals surface area (Å²) in [6.07, 6.45) is -1.10. The van der Waals surface area contributed by atoms with Gasteiger partial charge in [-0.05, 0) is 54.8 Å². The van der Waals surface area contributed by atoms with E-state index in [0.717, 1.165) is 16.9 Å². The SMILES string of the molecule is COc1cc(C)c(C(O)c2c(F)cccc2Cl)cc1C. The van der Waals surface area contributed by atoms with E-state index >= 15 is 0 Å². The Hall–Kier alpha value is -1.58. The van der Waals surface area contributed by atoms with Crippen molar-refractivity contribution in [2.24, 2.45) is 0 Å². The van der Waals surface area contributed by atoms with Gasteiger partial charge in [0.2, 0.25) is 0 Å². The Kier molecular flexibility index (Phi) is 4.31. The molecule has 106 valence electrons. The predicted octanol–water partition coefficient (Wildman–Crippen LogP) is 4.19. The van der Waals surface area contributed by atoms with Crippen molar-refractivity contribution in [2.75, 3.05) is 7.11 Å². The highest BCUT2D eigenvalue weighted by Gasteiger charge is 2.21. The molecule has 2 nitrogen and oxygen atoms in total. The minimum Gasteiger partial charge on any atom is -0.496 e. The minimum absolute atomic E-state index is 0.0989. The molecule has 0 spiro atoms. The summed E-state index contributed by atoms with van der Waals surface area (Å²) in [5.41, 5.74) is 2.41. The molecule has 0 heterocycles. The van der Waals surface area contributed by atoms with Crippen molar-refractivity contribution in [2.45, 2.75) is 20.0 Å². The number of aliphatic hydroxyl groups excluding tert-OH is 1. The van der Waals surface area contributed by atoms with Crippen LogP contribution in [-0.4, -0.2) is 12.2 Å². The van der Waals surface area contributed by atoms with Gasteiger partial charge in [-0.2, -0.15) is 0 Å². The molecule has 0 aliphatic heterocycles. The first-order valence-corrected chi connectivity index (χ1v) is 6.60. The van der Waals surface area contributed by atoms with E-state index in [2.05, 4.69) is 0 Å². The van der Waals surface area contributed by atoms with Crippen LogP contribution in [0.1, 0.15) is 28.4 Å². The first kappa shape index (κ1) is 14.8. The lowest BCUT2D eigenvalue weighted by atomic mass is 9.95. The number of halogens is 2. The van der Waals surface area contributed by atoms with Gasteiger partial charge in [-0.3, -0.25) is 0 Å². The highest BCUT2D eigenvalue weighted by molar-refractivity contribution is 6.31. The lowest BCUT2D eigenvalue weighted by Crippen LogP contribution is -2.06. The molecular weight excluding hydrogens is 279 g/mol. The van der Waals surface area contributed by atoms with Gasteiger partial charge >= 0.3 is 0 Å². The summed E-state index contributed by atoms with van der Waals surface area (Å²) >= 11 is 6.00. The molecule has 0 fully saturated rings. The van der Waals surface area contributed by atoms with Crippen LogP contribution in [0.5, 0.6) is 5.75 Å². The molecule has 0 amide bonds. The molecule has 0 bridgehead atoms. The van der Waals surface area contributed by atoms with Crippen molar-refractivity contribution in [1.29, 1.82) is 0 Å². The Labute approximate surface area is 122 Å². The van der Waals surface area contributed by atoms with Gasteiger partial charge in [0, 0.05) is 10.6 Å². The lowest BCUT2D eigenvalue weighted by molar-refractivity contribution is 0.214. The van der Waals surface area contributed by atoms with Crippen LogP contribution in [0.2, 0.25) is 5.02 Å². The summed E-state index contributed by atoms with van der Waals surface area (Å²) in [4.78, 5) is 0. The third-order valence-electron chi connectivity index (χ3n) is 3.35. The van der Waals surface area contributed by atoms with Gasteiger partial charge in [-0.1, -0.05) is 17.7 Å². The maximum Gasteiger partial charge on any atom is 0.130 e. The van der Waals surface area contributed by atoms with Crippen molar-refractivity contribution in [3.8, 4) is 5.75 Å². The average Bonchev–Trinajstić information content (AvgIpc) is 2.40. The molecule has 0 radical (unpaired) electrons. The van der Waals surface area contributed by atoms with Crippen LogP contribution >= 0.6 is 11.6 Å². The summed E-state index contributed by atoms with van der Waals surface area (Å²) in [5, 5.41) is 10.7. The first-order valence-electron chi connectivity index (χ1n) is 6.22. The van der Waals surface area contributed by atoms with Crippen molar-refractivity contribution in [3.63, 3.8) is 0 Å². The van der Waals surface area contributed by atoms with Crippen molar-refractivity contribution in [1.82, 2.24) is 0 Å². The maximum atomic E-state index is 13.9. The van der Waals surface area contributed by atoms with Crippen molar-refractivity contribution < 1.29 is 14.2 Å². The van der Waals surface area contributed by atoms with Gasteiger partial charge < -0.3 is 9.84 Å². The van der Waals surface area contributed by atoms with Gasteiger partial charge in [0.1, 0.15) is 17.7 Å². The zero-order valence-electron chi connectivity index (χ0n) is 11.6. The van der Waals surface area contributed by atoms with Crippen LogP contribution in [0.25, 0.3) is 0 Å². The fourth-order valence-electron chi connectivity index (χ4n) is 2.25. The number of methoxy groups -OCH3 is 1. The molecule has 1 N–H and O–H groups in total. The normalized spacial score (nSPS) is 12.3. The number of ether oxygens (including phenoxy) is 1. The second kappa shape index (κ2) is 5.81. The summed E-state index contributed by atoms with van der Waals surface area (Å²) in [6.45, 7) is 3.71. The summed E-state index contributed by atoms with van der Waals surface area (Å²) < 4.78 is 19.1. The maximum absolute atomic E-state index is 13.9. The molecule has 0 aromatic heterocycles. The monoisotopic (exact) mass is 294 g/mol. The number of benzene rings is 2. The largest absolute Gasteiger partial charge is 0.496 e. The molecular formula is C16H16ClFO2. The molecule has 0 aliphatic rings. The van der Waals surface area contributed by atoms with Crippen LogP contribution in [0.3, 0.4) is 0 Å². The van der Waals surface area contributed by atoms with Gasteiger partial charge in [0.25, 0.3) is 0 Å². The number of aryl methyl sites for hydroxylation is 2. The Morgan fingerprint density at radius 2 is 1.90 bits per heavy atom. The minimum atomic E-state index is -1.10. The van der Waals surface area contributed by atoms with E-state index in [1.54, 1.807) is 19.2 Å². The number of hydrogen-bond donors (Lipinski definition) is 1. The Morgan fingerprint density at radius 1 is 1.20 bits per heavy atom. The fourth-order valence-corrected chi connectivity index (χ4v) is 2.52. The zero-order valence-corrected chi connectivity index (χ0v) is 12.3. The van der Waals surface area contributed by atoms with Crippen LogP contribution < -0.4 is 4.74 Å². The molecule has 0 aliphatic carbocycles. The van der Waals surface area contributed by atoms with E-state index in [1.807, 2.05) is 19.9 Å². The second-order valence-electron chi connectivity index (χ2n) is 4.72. The zero-order chi connectivity index (χ0) is 14.9. The second-order valence-corrected chi connectivity index (χ2v) is 5.12. The molecule has 1 atom stereocenters. The molecule has 2 aromatic rings. The molecule has 2 aromatic carbocycles. The molecule has 2 rings (SSSR count). The Morgan fingerprint density at radius 3 is 2.50 bits per heavy atom. The van der Waals surface area contributed by atoms with Crippen LogP contribution in [0.15, 0.2) is 30.3 Å². The third kappa shape index (κ3) is 2.65. The number of hydrogen-bond acceptors (Lipinski definition) is 2. The van der Waals surface area contributed by atoms with E-state index in [9.17, 15) is 9.50 Å². The highest BCUT2D eigenvalue weighted by atomic mass is 35.5. The molecule has 0 saturated heterocycles. The Balaban J connectivity index is 2.54. The topological polar surface area (TPSA) is 29.5 Å². The third-order valence-corrected chi connectivity index (χ3v) is 3.68. The van der Waals surface area contributed by atoms with E-state index in [0.29, 0.717) is 5.56 Å². The average molecular weight is 295 g/mol. The molecule has 4 heteroatoms. The lowest BCUT2D eigenvalue weighted by Gasteiger charge is -2.18. The van der Waals surface area contributed by atoms with Crippen molar-refractivity contribution in [3.05, 3.63) is 63.4 Å². The van der Waals surface area contributed by atoms with E-state index < -0.39 is 11.9 Å². The summed E-state index contributed by atoms with van der Waals surface area (Å²) in [7, 11) is 1.59. The quantitative estimate of drug-likeness (QED) is 0.920. The molecule has 0 saturated carbocycles. The van der Waals surface area contributed by atoms with Crippen LogP contribution in [0.4, 0.5) is 4.39 Å².